The highest BCUT2D eigenvalue weighted by atomic mass is 16.5. The smallest absolute Gasteiger partial charge is 0.278 e. The third-order valence-electron chi connectivity index (χ3n) is 5.05. The Balaban J connectivity index is 1.73. The number of amides is 2. The fraction of sp³-hybridized carbons (Fsp3) is 0.200. The predicted molar refractivity (Wildman–Crippen MR) is 119 cm³/mol. The van der Waals surface area contributed by atoms with Crippen LogP contribution < -0.4 is 5.32 Å². The molecule has 152 valence electrons. The second-order valence-electron chi connectivity index (χ2n) is 7.45. The van der Waals surface area contributed by atoms with Crippen molar-refractivity contribution < 1.29 is 14.3 Å². The molecule has 0 spiro atoms. The lowest BCUT2D eigenvalue weighted by Crippen LogP contribution is -2.35. The van der Waals surface area contributed by atoms with E-state index in [4.69, 9.17) is 4.74 Å². The molecular weight excluding hydrogens is 376 g/mol. The summed E-state index contributed by atoms with van der Waals surface area (Å²) >= 11 is 0. The van der Waals surface area contributed by atoms with Crippen molar-refractivity contribution in [2.75, 3.05) is 18.5 Å². The van der Waals surface area contributed by atoms with Gasteiger partial charge in [-0.2, -0.15) is 0 Å². The van der Waals surface area contributed by atoms with Crippen LogP contribution in [0.3, 0.4) is 0 Å². The number of anilines is 1. The van der Waals surface area contributed by atoms with Crippen LogP contribution in [0.2, 0.25) is 0 Å². The molecule has 1 aliphatic heterocycles. The van der Waals surface area contributed by atoms with E-state index >= 15 is 0 Å². The van der Waals surface area contributed by atoms with Gasteiger partial charge >= 0.3 is 0 Å². The Morgan fingerprint density at radius 3 is 2.33 bits per heavy atom. The monoisotopic (exact) mass is 400 g/mol. The molecule has 0 aliphatic carbocycles. The average molecular weight is 400 g/mol. The Morgan fingerprint density at radius 2 is 1.57 bits per heavy atom. The van der Waals surface area contributed by atoms with Crippen LogP contribution in [-0.4, -0.2) is 36.0 Å². The molecule has 0 aromatic heterocycles. The molecule has 1 heterocycles. The summed E-state index contributed by atoms with van der Waals surface area (Å²) in [4.78, 5) is 27.7. The van der Waals surface area contributed by atoms with Crippen molar-refractivity contribution in [2.45, 2.75) is 20.0 Å². The topological polar surface area (TPSA) is 58.6 Å². The van der Waals surface area contributed by atoms with E-state index < -0.39 is 0 Å². The summed E-state index contributed by atoms with van der Waals surface area (Å²) in [6.07, 6.45) is 0.0349. The van der Waals surface area contributed by atoms with E-state index in [2.05, 4.69) is 5.32 Å². The van der Waals surface area contributed by atoms with Crippen molar-refractivity contribution in [2.24, 2.45) is 0 Å². The van der Waals surface area contributed by atoms with Gasteiger partial charge in [-0.15, -0.1) is 0 Å². The Morgan fingerprint density at radius 1 is 0.867 bits per heavy atom. The number of hydrogen-bond acceptors (Lipinski definition) is 4. The molecule has 0 saturated heterocycles. The van der Waals surface area contributed by atoms with Crippen LogP contribution in [0.4, 0.5) is 5.69 Å². The van der Waals surface area contributed by atoms with Gasteiger partial charge < -0.3 is 10.1 Å². The highest BCUT2D eigenvalue weighted by molar-refractivity contribution is 6.36. The lowest BCUT2D eigenvalue weighted by atomic mass is 10.0. The van der Waals surface area contributed by atoms with E-state index in [-0.39, 0.29) is 24.5 Å². The minimum atomic E-state index is -0.334. The van der Waals surface area contributed by atoms with Crippen molar-refractivity contribution in [1.82, 2.24) is 4.90 Å². The molecule has 5 nitrogen and oxygen atoms in total. The molecule has 0 radical (unpaired) electrons. The molecule has 0 bridgehead atoms. The van der Waals surface area contributed by atoms with Gasteiger partial charge in [-0.3, -0.25) is 14.5 Å². The number of nitrogens with zero attached hydrogens (tertiary/aromatic N) is 1. The van der Waals surface area contributed by atoms with Gasteiger partial charge in [0.15, 0.2) is 0 Å². The van der Waals surface area contributed by atoms with Crippen molar-refractivity contribution in [3.63, 3.8) is 0 Å². The molecule has 3 aromatic rings. The van der Waals surface area contributed by atoms with Crippen molar-refractivity contribution >= 4 is 33.8 Å². The fourth-order valence-corrected chi connectivity index (χ4v) is 3.62. The molecule has 0 saturated carbocycles. The zero-order chi connectivity index (χ0) is 21.1. The van der Waals surface area contributed by atoms with E-state index in [1.54, 1.807) is 0 Å². The van der Waals surface area contributed by atoms with E-state index in [1.807, 2.05) is 86.6 Å². The number of hydrogen-bond donors (Lipinski definition) is 1. The van der Waals surface area contributed by atoms with Crippen LogP contribution >= 0.6 is 0 Å². The van der Waals surface area contributed by atoms with Crippen molar-refractivity contribution in [3.8, 4) is 0 Å². The normalized spacial score (nSPS) is 14.3. The third kappa shape index (κ3) is 3.84. The maximum Gasteiger partial charge on any atom is 0.278 e. The van der Waals surface area contributed by atoms with Crippen LogP contribution in [-0.2, 0) is 14.3 Å². The SMILES string of the molecule is CC(C)OCCN1C(=O)C(Nc2cccc3ccccc23)=C(c2ccccc2)C1=O. The van der Waals surface area contributed by atoms with Crippen LogP contribution in [0, 0.1) is 0 Å². The quantitative estimate of drug-likeness (QED) is 0.595. The average Bonchev–Trinajstić information content (AvgIpc) is 2.98. The Hall–Kier alpha value is -3.44. The molecule has 3 aromatic carbocycles. The minimum Gasteiger partial charge on any atom is -0.377 e. The lowest BCUT2D eigenvalue weighted by Gasteiger charge is -2.16. The molecular formula is C25H24N2O3. The first-order chi connectivity index (χ1) is 14.6. The summed E-state index contributed by atoms with van der Waals surface area (Å²) < 4.78 is 5.57. The van der Waals surface area contributed by atoms with Crippen LogP contribution in [0.1, 0.15) is 19.4 Å². The highest BCUT2D eigenvalue weighted by Crippen LogP contribution is 2.32. The van der Waals surface area contributed by atoms with Gasteiger partial charge in [0, 0.05) is 11.1 Å². The number of benzene rings is 3. The van der Waals surface area contributed by atoms with Gasteiger partial charge in [0.1, 0.15) is 5.70 Å². The number of rotatable bonds is 7. The third-order valence-corrected chi connectivity index (χ3v) is 5.05. The first-order valence-electron chi connectivity index (χ1n) is 10.1. The Bertz CT molecular complexity index is 1110. The van der Waals surface area contributed by atoms with E-state index in [1.165, 1.54) is 4.90 Å². The number of carbonyl (C=O) groups excluding carboxylic acids is 2. The summed E-state index contributed by atoms with van der Waals surface area (Å²) in [6.45, 7) is 4.37. The highest BCUT2D eigenvalue weighted by Gasteiger charge is 2.39. The Labute approximate surface area is 176 Å². The number of imide groups is 1. The largest absolute Gasteiger partial charge is 0.377 e. The zero-order valence-corrected chi connectivity index (χ0v) is 17.1. The van der Waals surface area contributed by atoms with Gasteiger partial charge in [0.05, 0.1) is 24.8 Å². The second kappa shape index (κ2) is 8.51. The molecule has 1 aliphatic rings. The summed E-state index contributed by atoms with van der Waals surface area (Å²) in [6, 6.07) is 23.1. The first-order valence-corrected chi connectivity index (χ1v) is 10.1. The maximum atomic E-state index is 13.2. The summed E-state index contributed by atoms with van der Waals surface area (Å²) in [7, 11) is 0. The summed E-state index contributed by atoms with van der Waals surface area (Å²) in [5.74, 6) is -0.638. The Kier molecular flexibility index (Phi) is 5.63. The van der Waals surface area contributed by atoms with Gasteiger partial charge in [0.2, 0.25) is 0 Å². The van der Waals surface area contributed by atoms with Gasteiger partial charge in [0.25, 0.3) is 11.8 Å². The fourth-order valence-electron chi connectivity index (χ4n) is 3.62. The van der Waals surface area contributed by atoms with Crippen LogP contribution in [0.15, 0.2) is 78.5 Å². The van der Waals surface area contributed by atoms with Crippen LogP contribution in [0.25, 0.3) is 16.3 Å². The molecule has 0 fully saturated rings. The van der Waals surface area contributed by atoms with E-state index in [0.717, 1.165) is 16.5 Å². The molecule has 5 heteroatoms. The van der Waals surface area contributed by atoms with Gasteiger partial charge in [-0.1, -0.05) is 66.7 Å². The van der Waals surface area contributed by atoms with Crippen LogP contribution in [0.5, 0.6) is 0 Å². The minimum absolute atomic E-state index is 0.0349. The zero-order valence-electron chi connectivity index (χ0n) is 17.1. The maximum absolute atomic E-state index is 13.2. The molecule has 0 unspecified atom stereocenters. The predicted octanol–water partition coefficient (Wildman–Crippen LogP) is 4.46. The van der Waals surface area contributed by atoms with Gasteiger partial charge in [-0.05, 0) is 30.9 Å². The number of nitrogens with one attached hydrogen (secondary N) is 1. The first kappa shape index (κ1) is 19.9. The van der Waals surface area contributed by atoms with E-state index in [9.17, 15) is 9.59 Å². The molecule has 30 heavy (non-hydrogen) atoms. The summed E-state index contributed by atoms with van der Waals surface area (Å²) in [5, 5.41) is 5.31. The molecule has 1 N–H and O–H groups in total. The van der Waals surface area contributed by atoms with Crippen molar-refractivity contribution in [1.29, 1.82) is 0 Å². The molecule has 4 rings (SSSR count). The molecule has 2 amide bonds. The second-order valence-corrected chi connectivity index (χ2v) is 7.45. The number of fused-ring (bicyclic) bond motifs is 1. The van der Waals surface area contributed by atoms with Crippen molar-refractivity contribution in [3.05, 3.63) is 84.1 Å². The molecule has 0 atom stereocenters. The number of carbonyl (C=O) groups is 2. The standard InChI is InChI=1S/C25H24N2O3/c1-17(2)30-16-15-27-24(28)22(19-10-4-3-5-11-19)23(25(27)29)26-21-14-8-12-18-9-6-7-13-20(18)21/h3-14,17,26H,15-16H2,1-2H3. The van der Waals surface area contributed by atoms with Gasteiger partial charge in [-0.25, -0.2) is 0 Å². The lowest BCUT2D eigenvalue weighted by molar-refractivity contribution is -0.137. The number of ether oxygens (including phenoxy) is 1. The summed E-state index contributed by atoms with van der Waals surface area (Å²) in [5.41, 5.74) is 2.19. The van der Waals surface area contributed by atoms with E-state index in [0.29, 0.717) is 23.4 Å².